The Morgan fingerprint density at radius 3 is 1.26 bits per heavy atom. The molecule has 0 amide bonds. The monoisotopic (exact) mass is 1260 g/mol. The maximum atomic E-state index is 15.5. The molecule has 0 bridgehead atoms. The van der Waals surface area contributed by atoms with Gasteiger partial charge in [-0.1, -0.05) is 92.8 Å². The van der Waals surface area contributed by atoms with Crippen LogP contribution >= 0.6 is 0 Å². The first-order valence-corrected chi connectivity index (χ1v) is 32.9. The smallest absolute Gasteiger partial charge is 0.423 e. The lowest BCUT2D eigenvalue weighted by Gasteiger charge is -2.40. The molecule has 0 saturated heterocycles. The molecule has 24 nitrogen and oxygen atoms in total. The lowest BCUT2D eigenvalue weighted by molar-refractivity contribution is -0.790. The summed E-state index contributed by atoms with van der Waals surface area (Å²) in [7, 11) is -27.3. The predicted octanol–water partition coefficient (Wildman–Crippen LogP) is -2.24. The summed E-state index contributed by atoms with van der Waals surface area (Å²) >= 11 is 0. The van der Waals surface area contributed by atoms with Crippen LogP contribution in [0.25, 0.3) is 21.5 Å². The van der Waals surface area contributed by atoms with E-state index in [4.69, 9.17) is 20.0 Å². The predicted molar refractivity (Wildman–Crippen MR) is 320 cm³/mol. The molecule has 0 saturated carbocycles. The van der Waals surface area contributed by atoms with Crippen LogP contribution in [0.5, 0.6) is 0 Å². The van der Waals surface area contributed by atoms with Gasteiger partial charge >= 0.3 is 34.4 Å². The van der Waals surface area contributed by atoms with E-state index >= 15 is 33.7 Å². The van der Waals surface area contributed by atoms with Crippen LogP contribution in [0.2, 0.25) is 0 Å². The Bertz CT molecular complexity index is 5810. The highest BCUT2D eigenvalue weighted by molar-refractivity contribution is 7.92. The van der Waals surface area contributed by atoms with E-state index < -0.39 is 73.7 Å². The Morgan fingerprint density at radius 1 is 0.360 bits per heavy atom. The fourth-order valence-corrected chi connectivity index (χ4v) is 19.0. The lowest BCUT2D eigenvalue weighted by atomic mass is 9.80. The number of fused-ring (bicyclic) bond motifs is 12. The summed E-state index contributed by atoms with van der Waals surface area (Å²) in [6.07, 6.45) is 0. The van der Waals surface area contributed by atoms with Crippen LogP contribution in [0, 0.1) is 0 Å². The largest absolute Gasteiger partial charge is 0.488 e. The number of rotatable bonds is 12. The molecule has 8 heterocycles. The van der Waals surface area contributed by atoms with E-state index in [2.05, 4.69) is 0 Å². The molecule has 0 radical (unpaired) electrons. The SMILES string of the molecule is O=S(=O)(c1cccc(B(O)O)c1)c1cccc2c1C1=Nc3c4cccc(S(=O)(=O)c5cccc(B(O)O)c5)c4c4n3C35n6c(c7cccc(S(=O)(=O)c8cccc(B(O)O)c8)c7c6=NC2=[N+]13)=NC1=[N+]5C(=N4)c2cccc(S(=O)(=O)c3cccc(B(O)O)c3)c21. The van der Waals surface area contributed by atoms with Crippen molar-refractivity contribution in [2.24, 2.45) is 20.0 Å². The molecule has 10 aromatic rings. The van der Waals surface area contributed by atoms with Crippen LogP contribution in [0.3, 0.4) is 0 Å². The highest BCUT2D eigenvalue weighted by Crippen LogP contribution is 2.55. The van der Waals surface area contributed by atoms with E-state index in [0.29, 0.717) is 0 Å². The second-order valence-electron chi connectivity index (χ2n) is 21.5. The molecular formula is C57H36B4N8O16S4+2. The number of aromatic nitrogens is 2. The van der Waals surface area contributed by atoms with Gasteiger partial charge in [-0.3, -0.25) is 0 Å². The Hall–Kier alpha value is -9.14. The van der Waals surface area contributed by atoms with E-state index in [0.717, 1.165) is 24.3 Å². The molecule has 8 N–H and O–H groups in total. The van der Waals surface area contributed by atoms with Gasteiger partial charge in [-0.2, -0.15) is 9.13 Å². The molecule has 6 aliphatic rings. The van der Waals surface area contributed by atoms with E-state index in [-0.39, 0.29) is 151 Å². The fraction of sp³-hybridized carbons (Fsp3) is 0.0175. The summed E-state index contributed by atoms with van der Waals surface area (Å²) < 4.78 is 130. The van der Waals surface area contributed by atoms with Crippen molar-refractivity contribution < 1.29 is 83.0 Å². The van der Waals surface area contributed by atoms with Crippen molar-refractivity contribution in [1.29, 1.82) is 0 Å². The number of aliphatic imine (C=N–C) groups is 2. The normalized spacial score (nSPS) is 16.5. The topological polar surface area (TPSA) is 364 Å². The lowest BCUT2D eigenvalue weighted by Crippen LogP contribution is -2.71. The van der Waals surface area contributed by atoms with Gasteiger partial charge in [-0.15, -0.1) is 9.15 Å². The third kappa shape index (κ3) is 7.17. The van der Waals surface area contributed by atoms with E-state index in [9.17, 15) is 40.2 Å². The minimum Gasteiger partial charge on any atom is -0.423 e. The minimum atomic E-state index is -4.75. The van der Waals surface area contributed by atoms with Gasteiger partial charge in [0.1, 0.15) is 0 Å². The fourth-order valence-electron chi connectivity index (χ4n) is 12.9. The van der Waals surface area contributed by atoms with Gasteiger partial charge in [0.25, 0.3) is 23.3 Å². The average Bonchev–Trinajstić information content (AvgIpc) is 1.45. The van der Waals surface area contributed by atoms with Crippen molar-refractivity contribution in [2.75, 3.05) is 0 Å². The van der Waals surface area contributed by atoms with Gasteiger partial charge in [0.15, 0.2) is 0 Å². The number of sulfone groups is 4. The van der Waals surface area contributed by atoms with Crippen LogP contribution in [0.15, 0.2) is 229 Å². The molecule has 8 aromatic carbocycles. The zero-order chi connectivity index (χ0) is 61.9. The first-order valence-electron chi connectivity index (χ1n) is 26.9. The Morgan fingerprint density at radius 2 is 0.753 bits per heavy atom. The summed E-state index contributed by atoms with van der Waals surface area (Å²) in [4.78, 5) is 18.3. The van der Waals surface area contributed by atoms with Crippen LogP contribution in [-0.2, 0) is 45.3 Å². The summed E-state index contributed by atoms with van der Waals surface area (Å²) in [5.41, 5.74) is -0.781. The highest BCUT2D eigenvalue weighted by atomic mass is 32.2. The Balaban J connectivity index is 1.11. The van der Waals surface area contributed by atoms with E-state index in [1.165, 1.54) is 121 Å². The average molecular weight is 1260 g/mol. The summed E-state index contributed by atoms with van der Waals surface area (Å²) in [5.74, 6) is -2.93. The number of benzene rings is 8. The van der Waals surface area contributed by atoms with Gasteiger partial charge in [0, 0.05) is 10.8 Å². The van der Waals surface area contributed by atoms with Crippen molar-refractivity contribution >= 4 is 146 Å². The van der Waals surface area contributed by atoms with Gasteiger partial charge < -0.3 is 40.2 Å². The van der Waals surface area contributed by atoms with Crippen LogP contribution < -0.4 is 32.8 Å². The molecular weight excluding hydrogens is 1220 g/mol. The zero-order valence-corrected chi connectivity index (χ0v) is 48.3. The number of hydrogen-bond acceptors (Lipinski definition) is 20. The molecule has 0 fully saturated rings. The Kier molecular flexibility index (Phi) is 11.5. The molecule has 1 atom stereocenters. The third-order valence-electron chi connectivity index (χ3n) is 16.7. The van der Waals surface area contributed by atoms with Crippen LogP contribution in [0.4, 0.5) is 11.6 Å². The van der Waals surface area contributed by atoms with Crippen molar-refractivity contribution in [2.45, 2.75) is 45.1 Å². The van der Waals surface area contributed by atoms with Gasteiger partial charge in [-0.25, -0.2) is 33.7 Å². The third-order valence-corrected chi connectivity index (χ3v) is 23.9. The van der Waals surface area contributed by atoms with E-state index in [1.54, 1.807) is 42.6 Å². The van der Waals surface area contributed by atoms with Crippen LogP contribution in [0.1, 0.15) is 22.3 Å². The number of amidine groups is 4. The van der Waals surface area contributed by atoms with Gasteiger partial charge in [0.2, 0.25) is 62.0 Å². The molecule has 0 aliphatic carbocycles. The highest BCUT2D eigenvalue weighted by Gasteiger charge is 2.70. The van der Waals surface area contributed by atoms with Crippen molar-refractivity contribution in [3.63, 3.8) is 0 Å². The van der Waals surface area contributed by atoms with Gasteiger partial charge in [0.05, 0.1) is 72.2 Å². The second kappa shape index (κ2) is 18.5. The molecule has 32 heteroatoms. The standard InChI is InChI=1S/C57H36B4N8O16S4/c70-58(71)29-9-1-13-33(25-29)86(78,79)41-21-5-17-37-45(41)53-62-50-38-18-6-22-42(87(80,81)34-14-2-10-30(26-34)59(72)73)46(38)55-64-52-40-20-8-24-44(89(84,85)36-16-4-12-32(28-36)61(76)77)48(40)56-65-51-39-19-7-23-43(88(82,83)35-15-3-11-31(27-35)60(74)75)47(39)54-63-49(37)66(53)57(67(50)55,68(51)54)69(52)56/h1-28,70-77H/q+2. The summed E-state index contributed by atoms with van der Waals surface area (Å²) in [6.45, 7) is 0. The molecule has 2 aromatic heterocycles. The van der Waals surface area contributed by atoms with Crippen molar-refractivity contribution in [1.82, 2.24) is 9.13 Å². The maximum Gasteiger partial charge on any atom is 0.488 e. The Labute approximate surface area is 503 Å². The molecule has 89 heavy (non-hydrogen) atoms. The van der Waals surface area contributed by atoms with E-state index in [1.807, 2.05) is 0 Å². The van der Waals surface area contributed by atoms with Crippen molar-refractivity contribution in [3.8, 4) is 0 Å². The summed E-state index contributed by atoms with van der Waals surface area (Å²) in [5, 5.41) is 82.1. The molecule has 16 rings (SSSR count). The quantitative estimate of drug-likeness (QED) is 0.0474. The second-order valence-corrected chi connectivity index (χ2v) is 29.2. The van der Waals surface area contributed by atoms with Gasteiger partial charge in [-0.05, 0) is 119 Å². The first-order chi connectivity index (χ1) is 42.5. The number of hydrogen-bond donors (Lipinski definition) is 8. The minimum absolute atomic E-state index is 0.0707. The van der Waals surface area contributed by atoms with Crippen molar-refractivity contribution in [3.05, 3.63) is 203 Å². The number of nitrogens with zero attached hydrogens (tertiary/aromatic N) is 8. The summed E-state index contributed by atoms with van der Waals surface area (Å²) in [6, 6.07) is 37.3. The first kappa shape index (κ1) is 55.2. The molecule has 1 spiro atoms. The molecule has 6 aliphatic heterocycles. The zero-order valence-electron chi connectivity index (χ0n) is 45.0. The van der Waals surface area contributed by atoms with Crippen LogP contribution in [-0.4, -0.2) is 144 Å². The molecule has 434 valence electrons. The maximum absolute atomic E-state index is 15.5. The molecule has 1 unspecified atom stereocenters.